The van der Waals surface area contributed by atoms with Gasteiger partial charge in [0.15, 0.2) is 9.84 Å². The van der Waals surface area contributed by atoms with Gasteiger partial charge in [-0.2, -0.15) is 4.31 Å². The largest absolute Gasteiger partial charge is 0.246 e. The number of rotatable bonds is 6. The Bertz CT molecular complexity index is 714. The van der Waals surface area contributed by atoms with Crippen molar-refractivity contribution in [2.45, 2.75) is 43.0 Å². The van der Waals surface area contributed by atoms with Gasteiger partial charge in [0.2, 0.25) is 10.0 Å². The molecule has 1 aromatic rings. The molecule has 0 aromatic heterocycles. The number of sulfone groups is 1. The summed E-state index contributed by atoms with van der Waals surface area (Å²) in [4.78, 5) is -0.824. The Labute approximate surface area is 125 Å². The molecule has 5 nitrogen and oxygen atoms in total. The van der Waals surface area contributed by atoms with Gasteiger partial charge in [-0.3, -0.25) is 0 Å². The zero-order chi connectivity index (χ0) is 16.4. The van der Waals surface area contributed by atoms with Crippen molar-refractivity contribution in [1.82, 2.24) is 4.31 Å². The van der Waals surface area contributed by atoms with Crippen LogP contribution in [0.15, 0.2) is 28.0 Å². The first-order valence-corrected chi connectivity index (χ1v) is 9.90. The molecular weight excluding hydrogens is 317 g/mol. The first-order chi connectivity index (χ1) is 9.55. The highest BCUT2D eigenvalue weighted by Gasteiger charge is 2.30. The third-order valence-electron chi connectivity index (χ3n) is 3.31. The lowest BCUT2D eigenvalue weighted by Crippen LogP contribution is -2.38. The van der Waals surface area contributed by atoms with Crippen molar-refractivity contribution in [1.29, 1.82) is 0 Å². The second-order valence-corrected chi connectivity index (χ2v) is 8.70. The summed E-state index contributed by atoms with van der Waals surface area (Å²) in [6.45, 7) is 5.38. The van der Waals surface area contributed by atoms with E-state index in [0.29, 0.717) is 6.42 Å². The Morgan fingerprint density at radius 3 is 2.19 bits per heavy atom. The number of benzene rings is 1. The zero-order valence-corrected chi connectivity index (χ0v) is 14.1. The number of halogens is 1. The van der Waals surface area contributed by atoms with E-state index in [2.05, 4.69) is 0 Å². The van der Waals surface area contributed by atoms with Gasteiger partial charge in [0.1, 0.15) is 10.7 Å². The van der Waals surface area contributed by atoms with Crippen molar-refractivity contribution in [3.8, 4) is 0 Å². The van der Waals surface area contributed by atoms with Crippen molar-refractivity contribution in [3.05, 3.63) is 24.0 Å². The summed E-state index contributed by atoms with van der Waals surface area (Å²) < 4.78 is 63.2. The highest BCUT2D eigenvalue weighted by Crippen LogP contribution is 2.24. The molecule has 0 saturated heterocycles. The molecule has 0 bridgehead atoms. The monoisotopic (exact) mass is 337 g/mol. The molecule has 8 heteroatoms. The van der Waals surface area contributed by atoms with Gasteiger partial charge >= 0.3 is 0 Å². The smallest absolute Gasteiger partial charge is 0.224 e. The molecule has 0 fully saturated rings. The van der Waals surface area contributed by atoms with Crippen LogP contribution in [0, 0.1) is 5.82 Å². The van der Waals surface area contributed by atoms with Crippen LogP contribution in [0.2, 0.25) is 0 Å². The summed E-state index contributed by atoms with van der Waals surface area (Å²) in [5, 5.41) is 0. The molecule has 0 amide bonds. The second-order valence-electron chi connectivity index (χ2n) is 4.83. The molecule has 0 N–H and O–H groups in total. The van der Waals surface area contributed by atoms with Crippen molar-refractivity contribution in [3.63, 3.8) is 0 Å². The summed E-state index contributed by atoms with van der Waals surface area (Å²) in [7, 11) is -7.69. The van der Waals surface area contributed by atoms with E-state index in [4.69, 9.17) is 0 Å². The van der Waals surface area contributed by atoms with Crippen molar-refractivity contribution < 1.29 is 21.2 Å². The average molecular weight is 337 g/mol. The highest BCUT2D eigenvalue weighted by atomic mass is 32.2. The van der Waals surface area contributed by atoms with E-state index in [0.717, 1.165) is 28.8 Å². The van der Waals surface area contributed by atoms with E-state index in [1.165, 1.54) is 0 Å². The van der Waals surface area contributed by atoms with E-state index in [-0.39, 0.29) is 17.5 Å². The van der Waals surface area contributed by atoms with Gasteiger partial charge in [-0.05, 0) is 31.5 Å². The summed E-state index contributed by atoms with van der Waals surface area (Å²) in [5.74, 6) is -0.954. The van der Waals surface area contributed by atoms with Crippen LogP contribution in [0.1, 0.15) is 27.2 Å². The van der Waals surface area contributed by atoms with Gasteiger partial charge in [0.05, 0.1) is 4.90 Å². The van der Waals surface area contributed by atoms with Crippen molar-refractivity contribution >= 4 is 19.9 Å². The number of sulfonamides is 1. The predicted octanol–water partition coefficient (Wildman–Crippen LogP) is 2.04. The van der Waals surface area contributed by atoms with Crippen LogP contribution in [0.4, 0.5) is 4.39 Å². The Kier molecular flexibility index (Phi) is 5.51. The fraction of sp³-hybridized carbons (Fsp3) is 0.538. The topological polar surface area (TPSA) is 71.5 Å². The summed E-state index contributed by atoms with van der Waals surface area (Å²) in [6, 6.07) is 2.50. The van der Waals surface area contributed by atoms with Gasteiger partial charge in [-0.15, -0.1) is 0 Å². The van der Waals surface area contributed by atoms with Crippen LogP contribution in [0.25, 0.3) is 0 Å². The minimum absolute atomic E-state index is 0.180. The summed E-state index contributed by atoms with van der Waals surface area (Å²) in [5.41, 5.74) is 0. The summed E-state index contributed by atoms with van der Waals surface area (Å²) >= 11 is 0. The van der Waals surface area contributed by atoms with Crippen LogP contribution in [0.3, 0.4) is 0 Å². The van der Waals surface area contributed by atoms with Crippen LogP contribution in [-0.4, -0.2) is 40.0 Å². The van der Waals surface area contributed by atoms with Gasteiger partial charge in [0, 0.05) is 18.8 Å². The second kappa shape index (κ2) is 6.41. The van der Waals surface area contributed by atoms with E-state index in [9.17, 15) is 21.2 Å². The third-order valence-corrected chi connectivity index (χ3v) is 6.53. The molecule has 0 aliphatic heterocycles. The van der Waals surface area contributed by atoms with Crippen molar-refractivity contribution in [2.75, 3.05) is 12.8 Å². The van der Waals surface area contributed by atoms with Gasteiger partial charge < -0.3 is 0 Å². The maximum atomic E-state index is 13.9. The van der Waals surface area contributed by atoms with E-state index < -0.39 is 30.6 Å². The van der Waals surface area contributed by atoms with E-state index >= 15 is 0 Å². The molecule has 21 heavy (non-hydrogen) atoms. The van der Waals surface area contributed by atoms with Crippen molar-refractivity contribution in [2.24, 2.45) is 0 Å². The van der Waals surface area contributed by atoms with Gasteiger partial charge in [-0.1, -0.05) is 13.8 Å². The molecular formula is C13H20FNO4S2. The molecule has 1 atom stereocenters. The number of hydrogen-bond acceptors (Lipinski definition) is 4. The normalized spacial score (nSPS) is 14.4. The Morgan fingerprint density at radius 1 is 1.19 bits per heavy atom. The maximum absolute atomic E-state index is 13.9. The molecule has 1 unspecified atom stereocenters. The van der Waals surface area contributed by atoms with Gasteiger partial charge in [-0.25, -0.2) is 21.2 Å². The fourth-order valence-corrected chi connectivity index (χ4v) is 4.49. The molecule has 1 aromatic carbocycles. The van der Waals surface area contributed by atoms with Crippen LogP contribution in [0.5, 0.6) is 0 Å². The lowest BCUT2D eigenvalue weighted by molar-refractivity contribution is 0.340. The lowest BCUT2D eigenvalue weighted by atomic mass is 10.3. The molecule has 120 valence electrons. The lowest BCUT2D eigenvalue weighted by Gasteiger charge is -2.26. The number of hydrogen-bond donors (Lipinski definition) is 0. The van der Waals surface area contributed by atoms with Gasteiger partial charge in [0.25, 0.3) is 0 Å². The molecule has 1 rings (SSSR count). The minimum Gasteiger partial charge on any atom is -0.224 e. The Balaban J connectivity index is 3.51. The Morgan fingerprint density at radius 2 is 1.76 bits per heavy atom. The van der Waals surface area contributed by atoms with Crippen LogP contribution < -0.4 is 0 Å². The number of nitrogens with zero attached hydrogens (tertiary/aromatic N) is 1. The molecule has 0 spiro atoms. The van der Waals surface area contributed by atoms with Crippen LogP contribution >= 0.6 is 0 Å². The quantitative estimate of drug-likeness (QED) is 0.745. The first-order valence-electron chi connectivity index (χ1n) is 6.57. The maximum Gasteiger partial charge on any atom is 0.246 e. The molecule has 0 heterocycles. The molecule has 0 aliphatic rings. The predicted molar refractivity (Wildman–Crippen MR) is 78.8 cm³/mol. The minimum atomic E-state index is -4.08. The average Bonchev–Trinajstić information content (AvgIpc) is 2.37. The molecule has 0 aliphatic carbocycles. The summed E-state index contributed by atoms with van der Waals surface area (Å²) in [6.07, 6.45) is 1.52. The third kappa shape index (κ3) is 3.81. The first kappa shape index (κ1) is 18.1. The van der Waals surface area contributed by atoms with E-state index in [1.54, 1.807) is 13.8 Å². The fourth-order valence-electron chi connectivity index (χ4n) is 1.96. The zero-order valence-electron chi connectivity index (χ0n) is 12.5. The highest BCUT2D eigenvalue weighted by molar-refractivity contribution is 7.91. The van der Waals surface area contributed by atoms with E-state index in [1.807, 2.05) is 6.92 Å². The molecule has 0 saturated carbocycles. The van der Waals surface area contributed by atoms with Crippen LogP contribution in [-0.2, 0) is 19.9 Å². The SMILES string of the molecule is CCC(C)N(CC)S(=O)(=O)c1cc(S(C)(=O)=O)ccc1F. The Hall–Kier alpha value is -0.990. The molecule has 0 radical (unpaired) electrons. The standard InChI is InChI=1S/C13H20FNO4S2/c1-5-10(3)15(6-2)21(18,19)13-9-11(20(4,16)17)7-8-12(13)14/h7-10H,5-6H2,1-4H3.